The van der Waals surface area contributed by atoms with Gasteiger partial charge in [-0.25, -0.2) is 0 Å². The number of carbonyl (C=O) groups excluding carboxylic acids is 1. The second kappa shape index (κ2) is 5.63. The van der Waals surface area contributed by atoms with Gasteiger partial charge in [-0.3, -0.25) is 9.69 Å². The molecule has 0 aromatic heterocycles. The van der Waals surface area contributed by atoms with Crippen LogP contribution in [0.5, 0.6) is 0 Å². The predicted molar refractivity (Wildman–Crippen MR) is 64.5 cm³/mol. The molecule has 0 aliphatic heterocycles. The van der Waals surface area contributed by atoms with Crippen LogP contribution in [0.2, 0.25) is 0 Å². The number of hydrogen-bond donors (Lipinski definition) is 2. The molecule has 1 rings (SSSR count). The fourth-order valence-electron chi connectivity index (χ4n) is 1.50. The summed E-state index contributed by atoms with van der Waals surface area (Å²) in [5, 5.41) is 0. The lowest BCUT2D eigenvalue weighted by atomic mass is 10.1. The van der Waals surface area contributed by atoms with Gasteiger partial charge in [0.1, 0.15) is 0 Å². The highest BCUT2D eigenvalue weighted by Crippen LogP contribution is 2.08. The first kappa shape index (κ1) is 12.7. The third-order valence-electron chi connectivity index (χ3n) is 2.73. The molecular formula is C12H19N3O. The molecule has 0 aliphatic carbocycles. The quantitative estimate of drug-likeness (QED) is 0.758. The van der Waals surface area contributed by atoms with Gasteiger partial charge in [-0.1, -0.05) is 24.3 Å². The lowest BCUT2D eigenvalue weighted by Gasteiger charge is -2.22. The van der Waals surface area contributed by atoms with E-state index in [2.05, 4.69) is 0 Å². The minimum atomic E-state index is -0.308. The van der Waals surface area contributed by atoms with Gasteiger partial charge in [-0.2, -0.15) is 0 Å². The maximum Gasteiger partial charge on any atom is 0.234 e. The van der Waals surface area contributed by atoms with E-state index >= 15 is 0 Å². The van der Waals surface area contributed by atoms with E-state index in [4.69, 9.17) is 11.5 Å². The molecule has 0 bridgehead atoms. The van der Waals surface area contributed by atoms with Gasteiger partial charge in [-0.15, -0.1) is 0 Å². The van der Waals surface area contributed by atoms with E-state index in [0.717, 1.165) is 11.1 Å². The van der Waals surface area contributed by atoms with Crippen molar-refractivity contribution in [3.05, 3.63) is 35.4 Å². The number of primary amides is 1. The van der Waals surface area contributed by atoms with Crippen molar-refractivity contribution in [1.82, 2.24) is 4.90 Å². The summed E-state index contributed by atoms with van der Waals surface area (Å²) in [6.45, 7) is 3.02. The highest BCUT2D eigenvalue weighted by Gasteiger charge is 2.14. The molecule has 1 amide bonds. The van der Waals surface area contributed by atoms with Crippen LogP contribution in [-0.2, 0) is 17.9 Å². The van der Waals surface area contributed by atoms with E-state index in [-0.39, 0.29) is 11.9 Å². The van der Waals surface area contributed by atoms with Crippen LogP contribution in [0.4, 0.5) is 0 Å². The van der Waals surface area contributed by atoms with E-state index in [9.17, 15) is 4.79 Å². The molecule has 16 heavy (non-hydrogen) atoms. The van der Waals surface area contributed by atoms with Crippen molar-refractivity contribution in [3.8, 4) is 0 Å². The van der Waals surface area contributed by atoms with Crippen LogP contribution in [0.1, 0.15) is 18.1 Å². The normalized spacial score (nSPS) is 12.8. The summed E-state index contributed by atoms with van der Waals surface area (Å²) >= 11 is 0. The number of hydrogen-bond acceptors (Lipinski definition) is 3. The standard InChI is InChI=1S/C12H19N3O/c1-9(12(14)16)15(2)8-11-5-3-4-10(6-11)7-13/h3-6,9H,7-8,13H2,1-2H3,(H2,14,16). The average Bonchev–Trinajstić information content (AvgIpc) is 2.28. The summed E-state index contributed by atoms with van der Waals surface area (Å²) in [7, 11) is 1.88. The molecule has 4 heteroatoms. The zero-order valence-electron chi connectivity index (χ0n) is 9.81. The molecule has 0 heterocycles. The molecule has 88 valence electrons. The van der Waals surface area contributed by atoms with Crippen molar-refractivity contribution in [2.75, 3.05) is 7.05 Å². The summed E-state index contributed by atoms with van der Waals surface area (Å²) in [6.07, 6.45) is 0. The summed E-state index contributed by atoms with van der Waals surface area (Å²) in [6, 6.07) is 7.76. The molecule has 1 aromatic rings. The summed E-state index contributed by atoms with van der Waals surface area (Å²) < 4.78 is 0. The van der Waals surface area contributed by atoms with Crippen molar-refractivity contribution in [2.24, 2.45) is 11.5 Å². The first-order chi connectivity index (χ1) is 7.54. The van der Waals surface area contributed by atoms with Gasteiger partial charge >= 0.3 is 0 Å². The summed E-state index contributed by atoms with van der Waals surface area (Å²) in [4.78, 5) is 12.9. The Morgan fingerprint density at radius 1 is 1.44 bits per heavy atom. The Morgan fingerprint density at radius 3 is 2.62 bits per heavy atom. The molecule has 0 radical (unpaired) electrons. The van der Waals surface area contributed by atoms with E-state index in [1.165, 1.54) is 0 Å². The van der Waals surface area contributed by atoms with E-state index in [0.29, 0.717) is 13.1 Å². The van der Waals surface area contributed by atoms with Gasteiger partial charge in [0.05, 0.1) is 6.04 Å². The minimum absolute atomic E-state index is 0.262. The lowest BCUT2D eigenvalue weighted by molar-refractivity contribution is -0.122. The smallest absolute Gasteiger partial charge is 0.234 e. The van der Waals surface area contributed by atoms with Gasteiger partial charge < -0.3 is 11.5 Å². The van der Waals surface area contributed by atoms with Gasteiger partial charge in [0, 0.05) is 13.1 Å². The van der Waals surface area contributed by atoms with Crippen molar-refractivity contribution >= 4 is 5.91 Å². The van der Waals surface area contributed by atoms with Crippen LogP contribution in [-0.4, -0.2) is 23.9 Å². The number of amides is 1. The summed E-state index contributed by atoms with van der Waals surface area (Å²) in [5.41, 5.74) is 13.0. The van der Waals surface area contributed by atoms with Gasteiger partial charge in [0.2, 0.25) is 5.91 Å². The predicted octanol–water partition coefficient (Wildman–Crippen LogP) is 0.451. The highest BCUT2D eigenvalue weighted by atomic mass is 16.1. The molecule has 1 aromatic carbocycles. The molecule has 0 saturated carbocycles. The van der Waals surface area contributed by atoms with E-state index < -0.39 is 0 Å². The molecule has 0 spiro atoms. The first-order valence-electron chi connectivity index (χ1n) is 5.32. The number of likely N-dealkylation sites (N-methyl/N-ethyl adjacent to an activating group) is 1. The van der Waals surface area contributed by atoms with Gasteiger partial charge in [-0.05, 0) is 25.1 Å². The van der Waals surface area contributed by atoms with E-state index in [1.54, 1.807) is 6.92 Å². The van der Waals surface area contributed by atoms with Crippen molar-refractivity contribution in [2.45, 2.75) is 26.1 Å². The molecule has 0 fully saturated rings. The topological polar surface area (TPSA) is 72.4 Å². The monoisotopic (exact) mass is 221 g/mol. The minimum Gasteiger partial charge on any atom is -0.368 e. The Bertz CT molecular complexity index is 365. The Hall–Kier alpha value is -1.39. The highest BCUT2D eigenvalue weighted by molar-refractivity contribution is 5.79. The van der Waals surface area contributed by atoms with Crippen LogP contribution in [0.15, 0.2) is 24.3 Å². The Morgan fingerprint density at radius 2 is 2.06 bits per heavy atom. The number of benzene rings is 1. The zero-order chi connectivity index (χ0) is 12.1. The Balaban J connectivity index is 2.68. The van der Waals surface area contributed by atoms with Crippen LogP contribution in [0.3, 0.4) is 0 Å². The van der Waals surface area contributed by atoms with Crippen molar-refractivity contribution in [1.29, 1.82) is 0 Å². The molecule has 0 aliphatic rings. The van der Waals surface area contributed by atoms with Crippen LogP contribution >= 0.6 is 0 Å². The number of nitrogens with two attached hydrogens (primary N) is 2. The van der Waals surface area contributed by atoms with Crippen LogP contribution < -0.4 is 11.5 Å². The maximum atomic E-state index is 11.0. The third-order valence-corrected chi connectivity index (χ3v) is 2.73. The lowest BCUT2D eigenvalue weighted by Crippen LogP contribution is -2.39. The van der Waals surface area contributed by atoms with Crippen molar-refractivity contribution in [3.63, 3.8) is 0 Å². The third kappa shape index (κ3) is 3.32. The number of carbonyl (C=O) groups is 1. The fourth-order valence-corrected chi connectivity index (χ4v) is 1.50. The molecule has 0 saturated heterocycles. The van der Waals surface area contributed by atoms with Crippen LogP contribution in [0, 0.1) is 0 Å². The largest absolute Gasteiger partial charge is 0.368 e. The van der Waals surface area contributed by atoms with E-state index in [1.807, 2.05) is 36.2 Å². The summed E-state index contributed by atoms with van der Waals surface area (Å²) in [5.74, 6) is -0.308. The fraction of sp³-hybridized carbons (Fsp3) is 0.417. The Labute approximate surface area is 96.2 Å². The SMILES string of the molecule is CC(C(N)=O)N(C)Cc1cccc(CN)c1. The molecule has 4 N–H and O–H groups in total. The first-order valence-corrected chi connectivity index (χ1v) is 5.32. The second-order valence-electron chi connectivity index (χ2n) is 4.02. The molecular weight excluding hydrogens is 202 g/mol. The Kier molecular flexibility index (Phi) is 4.46. The molecule has 4 nitrogen and oxygen atoms in total. The second-order valence-corrected chi connectivity index (χ2v) is 4.02. The van der Waals surface area contributed by atoms with Crippen molar-refractivity contribution < 1.29 is 4.79 Å². The molecule has 1 atom stereocenters. The maximum absolute atomic E-state index is 11.0. The number of rotatable bonds is 5. The van der Waals surface area contributed by atoms with Gasteiger partial charge in [0.15, 0.2) is 0 Å². The van der Waals surface area contributed by atoms with Gasteiger partial charge in [0.25, 0.3) is 0 Å². The zero-order valence-corrected chi connectivity index (χ0v) is 9.81. The van der Waals surface area contributed by atoms with Crippen LogP contribution in [0.25, 0.3) is 0 Å². The number of nitrogens with zero attached hydrogens (tertiary/aromatic N) is 1. The molecule has 1 unspecified atom stereocenters. The average molecular weight is 221 g/mol.